The molecular formula is C43H52F2N8O9. The Hall–Kier alpha value is -6.18. The number of H-pyrrole nitrogens is 2. The van der Waals surface area contributed by atoms with Gasteiger partial charge in [-0.1, -0.05) is 69.0 Å². The van der Waals surface area contributed by atoms with Crippen molar-refractivity contribution in [3.05, 3.63) is 85.2 Å². The van der Waals surface area contributed by atoms with Crippen molar-refractivity contribution in [1.82, 2.24) is 40.4 Å². The number of aromatic amines is 2. The molecule has 4 N–H and O–H groups in total. The molecule has 2 aliphatic heterocycles. The Kier molecular flexibility index (Phi) is 15.1. The van der Waals surface area contributed by atoms with Gasteiger partial charge >= 0.3 is 18.8 Å². The second kappa shape index (κ2) is 20.6. The van der Waals surface area contributed by atoms with Gasteiger partial charge < -0.3 is 54.1 Å². The summed E-state index contributed by atoms with van der Waals surface area (Å²) in [5, 5.41) is 5.08. The van der Waals surface area contributed by atoms with E-state index in [4.69, 9.17) is 14.2 Å². The van der Waals surface area contributed by atoms with E-state index in [9.17, 15) is 28.0 Å². The largest absolute Gasteiger partial charge is 0.453 e. The SMILES string of the molecule is C=CC1(CN(Cc2ncc(-c3ccc(-c4ccc(-c5cnc([C@@H]6CCCN6C(=O)[C@H](CCOC(F)F)NC(=O)OC)[nH]5)cc4)cc3)[nH]2)C(=O)[C@@H](NC(=O)OC)C(C)C)OCCO1. The molecule has 0 unspecified atom stereocenters. The predicted octanol–water partition coefficient (Wildman–Crippen LogP) is 5.79. The van der Waals surface area contributed by atoms with Crippen LogP contribution in [0.3, 0.4) is 0 Å². The summed E-state index contributed by atoms with van der Waals surface area (Å²) >= 11 is 0. The van der Waals surface area contributed by atoms with Crippen LogP contribution in [0.15, 0.2) is 73.6 Å². The van der Waals surface area contributed by atoms with Crippen molar-refractivity contribution in [2.24, 2.45) is 5.92 Å². The molecule has 62 heavy (non-hydrogen) atoms. The van der Waals surface area contributed by atoms with Gasteiger partial charge in [-0.2, -0.15) is 8.78 Å². The van der Waals surface area contributed by atoms with Gasteiger partial charge in [0.25, 0.3) is 0 Å². The van der Waals surface area contributed by atoms with Gasteiger partial charge in [-0.3, -0.25) is 9.59 Å². The molecule has 17 nitrogen and oxygen atoms in total. The van der Waals surface area contributed by atoms with E-state index in [1.165, 1.54) is 18.1 Å². The quantitative estimate of drug-likeness (QED) is 0.0883. The zero-order valence-corrected chi connectivity index (χ0v) is 35.0. The first-order valence-corrected chi connectivity index (χ1v) is 20.2. The van der Waals surface area contributed by atoms with E-state index in [0.717, 1.165) is 40.8 Å². The summed E-state index contributed by atoms with van der Waals surface area (Å²) in [7, 11) is 2.39. The fourth-order valence-electron chi connectivity index (χ4n) is 7.47. The zero-order chi connectivity index (χ0) is 44.4. The standard InChI is InChI=1S/C43H52F2N8O9/c1-6-43(61-20-21-62-43)25-52(39(55)36(26(2)3)51-42(57)59-5)24-35-46-22-32(48-35)29-13-9-27(10-14-29)28-11-15-30(16-12-28)33-23-47-37(49-33)34-8-7-18-53(34)38(54)31(50-41(56)58-4)17-19-60-40(44)45/h6,9-16,22-23,26,31,34,36,40H,1,7-8,17-21,24-25H2,2-5H3,(H,46,48)(H,47,49)(H,50,56)(H,51,57)/t31-,34-,36-/m0/s1. The number of halogens is 2. The van der Waals surface area contributed by atoms with E-state index in [1.54, 1.807) is 17.3 Å². The van der Waals surface area contributed by atoms with Crippen molar-refractivity contribution in [3.8, 4) is 33.6 Å². The lowest BCUT2D eigenvalue weighted by molar-refractivity contribution is -0.156. The Balaban J connectivity index is 1.11. The molecule has 4 heterocycles. The second-order valence-electron chi connectivity index (χ2n) is 15.1. The highest BCUT2D eigenvalue weighted by molar-refractivity contribution is 5.87. The van der Waals surface area contributed by atoms with Crippen molar-refractivity contribution in [1.29, 1.82) is 0 Å². The average Bonchev–Trinajstić information content (AvgIpc) is 4.13. The molecule has 332 valence electrons. The van der Waals surface area contributed by atoms with Gasteiger partial charge in [0, 0.05) is 13.0 Å². The number of rotatable bonds is 18. The lowest BCUT2D eigenvalue weighted by Gasteiger charge is -2.34. The van der Waals surface area contributed by atoms with Crippen molar-refractivity contribution in [3.63, 3.8) is 0 Å². The highest BCUT2D eigenvalue weighted by Gasteiger charge is 2.40. The lowest BCUT2D eigenvalue weighted by atomic mass is 10.0. The van der Waals surface area contributed by atoms with Crippen LogP contribution >= 0.6 is 0 Å². The van der Waals surface area contributed by atoms with E-state index >= 15 is 0 Å². The van der Waals surface area contributed by atoms with Crippen LogP contribution in [-0.2, 0) is 39.8 Å². The maximum absolute atomic E-state index is 13.9. The fraction of sp³-hybridized carbons (Fsp3) is 0.442. The molecule has 4 aromatic rings. The van der Waals surface area contributed by atoms with Crippen LogP contribution in [-0.4, -0.2) is 125 Å². The van der Waals surface area contributed by atoms with E-state index in [2.05, 4.69) is 46.6 Å². The Morgan fingerprint density at radius 1 is 0.919 bits per heavy atom. The molecule has 2 fully saturated rings. The smallest absolute Gasteiger partial charge is 0.407 e. The van der Waals surface area contributed by atoms with Crippen LogP contribution in [0.1, 0.15) is 50.8 Å². The summed E-state index contributed by atoms with van der Waals surface area (Å²) < 4.78 is 50.7. The predicted molar refractivity (Wildman–Crippen MR) is 221 cm³/mol. The number of carbonyl (C=O) groups excluding carboxylic acids is 4. The number of imidazole rings is 2. The van der Waals surface area contributed by atoms with Crippen LogP contribution in [0, 0.1) is 5.92 Å². The molecule has 4 amide bonds. The number of nitrogens with zero attached hydrogens (tertiary/aromatic N) is 4. The number of nitrogens with one attached hydrogen (secondary N) is 4. The molecule has 0 bridgehead atoms. The molecule has 0 radical (unpaired) electrons. The summed E-state index contributed by atoms with van der Waals surface area (Å²) in [6.45, 7) is 5.28. The van der Waals surface area contributed by atoms with Gasteiger partial charge in [-0.05, 0) is 47.1 Å². The number of ether oxygens (including phenoxy) is 5. The number of alkyl carbamates (subject to hydrolysis) is 2. The second-order valence-corrected chi connectivity index (χ2v) is 15.1. The minimum absolute atomic E-state index is 0.0238. The number of carbonyl (C=O) groups is 4. The summed E-state index contributed by atoms with van der Waals surface area (Å²) in [4.78, 5) is 70.5. The molecule has 0 spiro atoms. The van der Waals surface area contributed by atoms with E-state index in [1.807, 2.05) is 62.4 Å². The molecule has 2 aromatic carbocycles. The Labute approximate surface area is 357 Å². The third-order valence-corrected chi connectivity index (χ3v) is 10.8. The molecule has 2 aromatic heterocycles. The number of benzene rings is 2. The number of alkyl halides is 2. The van der Waals surface area contributed by atoms with Gasteiger partial charge in [0.1, 0.15) is 23.7 Å². The Bertz CT molecular complexity index is 2160. The maximum atomic E-state index is 13.9. The third-order valence-electron chi connectivity index (χ3n) is 10.8. The van der Waals surface area contributed by atoms with Crippen LogP contribution in [0.2, 0.25) is 0 Å². The van der Waals surface area contributed by atoms with E-state index < -0.39 is 55.2 Å². The molecule has 2 aliphatic rings. The highest BCUT2D eigenvalue weighted by Crippen LogP contribution is 2.33. The first kappa shape index (κ1) is 45.3. The van der Waals surface area contributed by atoms with Crippen LogP contribution in [0.5, 0.6) is 0 Å². The number of hydrogen-bond donors (Lipinski definition) is 4. The summed E-state index contributed by atoms with van der Waals surface area (Å²) in [5.74, 6) is -1.18. The van der Waals surface area contributed by atoms with Crippen molar-refractivity contribution >= 4 is 24.0 Å². The van der Waals surface area contributed by atoms with Gasteiger partial charge in [-0.25, -0.2) is 19.6 Å². The summed E-state index contributed by atoms with van der Waals surface area (Å²) in [6.07, 6.45) is 4.51. The number of methoxy groups -OCH3 is 2. The van der Waals surface area contributed by atoms with Crippen molar-refractivity contribution in [2.75, 3.05) is 47.1 Å². The van der Waals surface area contributed by atoms with Crippen LogP contribution < -0.4 is 10.6 Å². The topological polar surface area (TPSA) is 202 Å². The van der Waals surface area contributed by atoms with Gasteiger partial charge in [0.05, 0.1) is 77.0 Å². The van der Waals surface area contributed by atoms with Gasteiger partial charge in [-0.15, -0.1) is 0 Å². The minimum Gasteiger partial charge on any atom is -0.453 e. The van der Waals surface area contributed by atoms with Gasteiger partial charge in [0.15, 0.2) is 0 Å². The molecule has 3 atom stereocenters. The first-order chi connectivity index (χ1) is 29.8. The summed E-state index contributed by atoms with van der Waals surface area (Å²) in [5.41, 5.74) is 5.17. The molecule has 2 saturated heterocycles. The normalized spacial score (nSPS) is 16.8. The molecule has 0 aliphatic carbocycles. The third kappa shape index (κ3) is 11.0. The van der Waals surface area contributed by atoms with E-state index in [-0.39, 0.29) is 31.3 Å². The van der Waals surface area contributed by atoms with Gasteiger partial charge in [0.2, 0.25) is 17.6 Å². The molecule has 0 saturated carbocycles. The molecule has 19 heteroatoms. The fourth-order valence-corrected chi connectivity index (χ4v) is 7.47. The minimum atomic E-state index is -3.00. The average molecular weight is 863 g/mol. The number of amides is 4. The molecular weight excluding hydrogens is 811 g/mol. The lowest BCUT2D eigenvalue weighted by Crippen LogP contribution is -2.54. The Morgan fingerprint density at radius 2 is 1.50 bits per heavy atom. The van der Waals surface area contributed by atoms with Crippen molar-refractivity contribution in [2.45, 2.75) is 70.2 Å². The van der Waals surface area contributed by atoms with E-state index in [0.29, 0.717) is 44.2 Å². The Morgan fingerprint density at radius 3 is 2.08 bits per heavy atom. The van der Waals surface area contributed by atoms with Crippen molar-refractivity contribution < 1.29 is 51.6 Å². The number of aromatic nitrogens is 4. The zero-order valence-electron chi connectivity index (χ0n) is 35.0. The summed E-state index contributed by atoms with van der Waals surface area (Å²) in [6, 6.07) is 13.5. The number of likely N-dealkylation sites (tertiary alicyclic amines) is 1. The maximum Gasteiger partial charge on any atom is 0.407 e. The molecule has 6 rings (SSSR count). The van der Waals surface area contributed by atoms with Crippen LogP contribution in [0.25, 0.3) is 33.6 Å². The monoisotopic (exact) mass is 862 g/mol. The highest BCUT2D eigenvalue weighted by atomic mass is 19.3. The van der Waals surface area contributed by atoms with Crippen LogP contribution in [0.4, 0.5) is 18.4 Å². The first-order valence-electron chi connectivity index (χ1n) is 20.2. The number of hydrogen-bond acceptors (Lipinski definition) is 11.